The van der Waals surface area contributed by atoms with Gasteiger partial charge in [-0.1, -0.05) is 44.5 Å². The van der Waals surface area contributed by atoms with Crippen molar-refractivity contribution in [2.24, 2.45) is 0 Å². The van der Waals surface area contributed by atoms with E-state index in [0.717, 1.165) is 22.2 Å². The lowest BCUT2D eigenvalue weighted by atomic mass is 10.1. The summed E-state index contributed by atoms with van der Waals surface area (Å²) < 4.78 is 13.5. The predicted octanol–water partition coefficient (Wildman–Crippen LogP) is 6.23. The Balaban J connectivity index is 2.01. The van der Waals surface area contributed by atoms with Gasteiger partial charge in [-0.05, 0) is 54.0 Å². The lowest BCUT2D eigenvalue weighted by Gasteiger charge is -2.36. The van der Waals surface area contributed by atoms with Gasteiger partial charge in [-0.3, -0.25) is 0 Å². The Morgan fingerprint density at radius 1 is 1.13 bits per heavy atom. The molecule has 2 aromatic carbocycles. The van der Waals surface area contributed by atoms with Crippen LogP contribution in [0.4, 0.5) is 5.69 Å². The van der Waals surface area contributed by atoms with E-state index >= 15 is 0 Å². The third-order valence-electron chi connectivity index (χ3n) is 6.22. The number of methoxy groups -OCH3 is 1. The van der Waals surface area contributed by atoms with Crippen LogP contribution in [0.1, 0.15) is 42.4 Å². The molecule has 0 radical (unpaired) electrons. The fraction of sp³-hybridized carbons (Fsp3) is 0.375. The van der Waals surface area contributed by atoms with Crippen molar-refractivity contribution in [2.75, 3.05) is 12.8 Å². The Bertz CT molecular complexity index is 1100. The zero-order valence-corrected chi connectivity index (χ0v) is 20.8. The number of rotatable bonds is 6. The Labute approximate surface area is 190 Å². The molecule has 0 atom stereocenters. The molecule has 0 amide bonds. The number of benzene rings is 2. The highest BCUT2D eigenvalue weighted by molar-refractivity contribution is 6.74. The van der Waals surface area contributed by atoms with Gasteiger partial charge in [0.2, 0.25) is 0 Å². The van der Waals surface area contributed by atoms with Crippen LogP contribution in [0.25, 0.3) is 10.9 Å². The summed E-state index contributed by atoms with van der Waals surface area (Å²) in [5.41, 5.74) is 10.2. The summed E-state index contributed by atoms with van der Waals surface area (Å²) in [6, 6.07) is 13.2. The molecule has 2 N–H and O–H groups in total. The van der Waals surface area contributed by atoms with E-state index in [1.54, 1.807) is 12.1 Å². The molecular formula is C24H31ClN2O3Si. The summed E-state index contributed by atoms with van der Waals surface area (Å²) in [7, 11) is -0.578. The van der Waals surface area contributed by atoms with E-state index in [2.05, 4.69) is 38.4 Å². The third kappa shape index (κ3) is 4.81. The maximum absolute atomic E-state index is 11.7. The second-order valence-corrected chi connectivity index (χ2v) is 14.5. The van der Waals surface area contributed by atoms with Gasteiger partial charge in [0.25, 0.3) is 0 Å². The number of halogens is 1. The maximum Gasteiger partial charge on any atom is 0.337 e. The summed E-state index contributed by atoms with van der Waals surface area (Å²) in [5, 5.41) is 1.69. The van der Waals surface area contributed by atoms with E-state index in [1.807, 2.05) is 30.3 Å². The Kier molecular flexibility index (Phi) is 6.55. The standard InChI is InChI=1S/C24H31ClN2O3Si/c1-24(2,3)31(5,6)30-15-21-22(25)19-13-18(26)11-12-20(19)27(21)14-16-7-9-17(10-8-16)23(28)29-4/h7-13H,14-15,26H2,1-6H3. The van der Waals surface area contributed by atoms with Gasteiger partial charge in [-0.25, -0.2) is 4.79 Å². The van der Waals surface area contributed by atoms with Gasteiger partial charge in [0, 0.05) is 17.6 Å². The van der Waals surface area contributed by atoms with E-state index in [0.29, 0.717) is 29.4 Å². The van der Waals surface area contributed by atoms with Crippen LogP contribution in [0.3, 0.4) is 0 Å². The normalized spacial score (nSPS) is 12.4. The molecule has 166 valence electrons. The molecule has 0 saturated carbocycles. The lowest BCUT2D eigenvalue weighted by Crippen LogP contribution is -2.40. The second kappa shape index (κ2) is 8.69. The third-order valence-corrected chi connectivity index (χ3v) is 11.1. The highest BCUT2D eigenvalue weighted by Crippen LogP contribution is 2.39. The fourth-order valence-corrected chi connectivity index (χ4v) is 4.46. The first kappa shape index (κ1) is 23.4. The number of ether oxygens (including phenoxy) is 1. The number of nitrogens with zero attached hydrogens (tertiary/aromatic N) is 1. The zero-order valence-electron chi connectivity index (χ0n) is 19.1. The number of nitrogens with two attached hydrogens (primary N) is 1. The number of carbonyl (C=O) groups is 1. The van der Waals surface area contributed by atoms with Crippen LogP contribution in [0, 0.1) is 0 Å². The molecular weight excluding hydrogens is 428 g/mol. The van der Waals surface area contributed by atoms with Gasteiger partial charge in [0.1, 0.15) is 0 Å². The van der Waals surface area contributed by atoms with Crippen LogP contribution in [0.5, 0.6) is 0 Å². The van der Waals surface area contributed by atoms with E-state index < -0.39 is 8.32 Å². The number of nitrogen functional groups attached to an aromatic ring is 1. The Morgan fingerprint density at radius 3 is 2.35 bits per heavy atom. The number of fused-ring (bicyclic) bond motifs is 1. The molecule has 1 aromatic heterocycles. The van der Waals surface area contributed by atoms with Gasteiger partial charge >= 0.3 is 5.97 Å². The van der Waals surface area contributed by atoms with E-state index in [4.69, 9.17) is 26.5 Å². The molecule has 0 unspecified atom stereocenters. The fourth-order valence-electron chi connectivity index (χ4n) is 3.22. The van der Waals surface area contributed by atoms with Crippen LogP contribution in [0.15, 0.2) is 42.5 Å². The highest BCUT2D eigenvalue weighted by Gasteiger charge is 2.37. The molecule has 0 aliphatic heterocycles. The van der Waals surface area contributed by atoms with Crippen LogP contribution in [-0.2, 0) is 22.3 Å². The summed E-state index contributed by atoms with van der Waals surface area (Å²) >= 11 is 6.83. The van der Waals surface area contributed by atoms with Crippen molar-refractivity contribution in [2.45, 2.75) is 52.1 Å². The van der Waals surface area contributed by atoms with Crippen molar-refractivity contribution in [1.82, 2.24) is 4.57 Å². The first-order chi connectivity index (χ1) is 14.4. The quantitative estimate of drug-likeness (QED) is 0.270. The number of carbonyl (C=O) groups excluding carboxylic acids is 1. The summed E-state index contributed by atoms with van der Waals surface area (Å²) in [6.45, 7) is 12.2. The zero-order chi connectivity index (χ0) is 23.0. The van der Waals surface area contributed by atoms with Crippen molar-refractivity contribution in [3.05, 3.63) is 64.3 Å². The molecule has 1 heterocycles. The van der Waals surface area contributed by atoms with Crippen LogP contribution < -0.4 is 5.73 Å². The largest absolute Gasteiger partial charge is 0.465 e. The maximum atomic E-state index is 11.7. The molecule has 0 aliphatic carbocycles. The van der Waals surface area contributed by atoms with Gasteiger partial charge in [0.05, 0.1) is 35.5 Å². The number of anilines is 1. The molecule has 0 bridgehead atoms. The first-order valence-electron chi connectivity index (χ1n) is 10.3. The molecule has 0 spiro atoms. The van der Waals surface area contributed by atoms with E-state index in [-0.39, 0.29) is 11.0 Å². The average Bonchev–Trinajstić information content (AvgIpc) is 2.96. The monoisotopic (exact) mass is 458 g/mol. The minimum absolute atomic E-state index is 0.102. The van der Waals surface area contributed by atoms with Crippen LogP contribution in [-0.4, -0.2) is 26.0 Å². The molecule has 3 aromatic rings. The lowest BCUT2D eigenvalue weighted by molar-refractivity contribution is 0.0600. The Hall–Kier alpha value is -2.28. The minimum Gasteiger partial charge on any atom is -0.465 e. The van der Waals surface area contributed by atoms with Crippen molar-refractivity contribution in [3.8, 4) is 0 Å². The second-order valence-electron chi connectivity index (χ2n) is 9.36. The topological polar surface area (TPSA) is 66.5 Å². The van der Waals surface area contributed by atoms with E-state index in [1.165, 1.54) is 7.11 Å². The minimum atomic E-state index is -1.96. The van der Waals surface area contributed by atoms with Gasteiger partial charge in [-0.15, -0.1) is 0 Å². The summed E-state index contributed by atoms with van der Waals surface area (Å²) in [4.78, 5) is 11.7. The average molecular weight is 459 g/mol. The number of aromatic nitrogens is 1. The van der Waals surface area contributed by atoms with Crippen LogP contribution in [0.2, 0.25) is 23.2 Å². The molecule has 0 fully saturated rings. The molecule has 0 aliphatic rings. The summed E-state index contributed by atoms with van der Waals surface area (Å²) in [6.07, 6.45) is 0. The van der Waals surface area contributed by atoms with Crippen molar-refractivity contribution in [1.29, 1.82) is 0 Å². The van der Waals surface area contributed by atoms with Gasteiger partial charge in [-0.2, -0.15) is 0 Å². The first-order valence-corrected chi connectivity index (χ1v) is 13.6. The number of hydrogen-bond acceptors (Lipinski definition) is 4. The van der Waals surface area contributed by atoms with Crippen molar-refractivity contribution in [3.63, 3.8) is 0 Å². The molecule has 5 nitrogen and oxygen atoms in total. The van der Waals surface area contributed by atoms with Gasteiger partial charge < -0.3 is 19.5 Å². The molecule has 7 heteroatoms. The molecule has 3 rings (SSSR count). The Morgan fingerprint density at radius 2 is 1.77 bits per heavy atom. The number of esters is 1. The number of hydrogen-bond donors (Lipinski definition) is 1. The SMILES string of the molecule is COC(=O)c1ccc(Cn2c(CO[Si](C)(C)C(C)(C)C)c(Cl)c3cc(N)ccc32)cc1. The van der Waals surface area contributed by atoms with Crippen molar-refractivity contribution < 1.29 is 14.0 Å². The van der Waals surface area contributed by atoms with Crippen molar-refractivity contribution >= 4 is 42.5 Å². The summed E-state index contributed by atoms with van der Waals surface area (Å²) in [5.74, 6) is -0.347. The molecule has 31 heavy (non-hydrogen) atoms. The van der Waals surface area contributed by atoms with E-state index in [9.17, 15) is 4.79 Å². The van der Waals surface area contributed by atoms with Crippen LogP contribution >= 0.6 is 11.6 Å². The van der Waals surface area contributed by atoms with Gasteiger partial charge in [0.15, 0.2) is 8.32 Å². The molecule has 0 saturated heterocycles. The smallest absolute Gasteiger partial charge is 0.337 e. The predicted molar refractivity (Wildman–Crippen MR) is 130 cm³/mol. The highest BCUT2D eigenvalue weighted by atomic mass is 35.5.